The number of aliphatic hydroxyl groups excluding tert-OH is 1. The number of aryl methyl sites for hydroxylation is 1. The highest BCUT2D eigenvalue weighted by Gasteiger charge is 2.28. The van der Waals surface area contributed by atoms with E-state index in [1.54, 1.807) is 0 Å². The van der Waals surface area contributed by atoms with Crippen molar-refractivity contribution in [2.75, 3.05) is 6.61 Å². The minimum atomic E-state index is -0.914. The molecular formula is C17H18N4O2. The molecule has 3 rings (SSSR count). The number of carbonyl (C=O) groups is 1. The first-order valence-corrected chi connectivity index (χ1v) is 7.63. The number of aromatic nitrogens is 2. The van der Waals surface area contributed by atoms with Gasteiger partial charge in [0.05, 0.1) is 18.4 Å². The molecule has 1 atom stereocenters. The molecule has 0 radical (unpaired) electrons. The van der Waals surface area contributed by atoms with Gasteiger partial charge in [-0.05, 0) is 37.8 Å². The second-order valence-corrected chi connectivity index (χ2v) is 5.66. The van der Waals surface area contributed by atoms with Crippen LogP contribution in [0.3, 0.4) is 0 Å². The molecule has 0 bridgehead atoms. The van der Waals surface area contributed by atoms with E-state index in [-0.39, 0.29) is 0 Å². The van der Waals surface area contributed by atoms with Crippen LogP contribution in [0.4, 0.5) is 0 Å². The predicted octanol–water partition coefficient (Wildman–Crippen LogP) is 1.28. The number of nitriles is 1. The zero-order valence-corrected chi connectivity index (χ0v) is 12.9. The average Bonchev–Trinajstić information content (AvgIpc) is 3.15. The first-order valence-electron chi connectivity index (χ1n) is 7.63. The lowest BCUT2D eigenvalue weighted by Gasteiger charge is -2.09. The van der Waals surface area contributed by atoms with Crippen molar-refractivity contribution in [3.05, 3.63) is 46.8 Å². The third kappa shape index (κ3) is 2.71. The van der Waals surface area contributed by atoms with Crippen LogP contribution in [0.1, 0.15) is 33.7 Å². The summed E-state index contributed by atoms with van der Waals surface area (Å²) in [7, 11) is 0. The molecule has 118 valence electrons. The largest absolute Gasteiger partial charge is 0.393 e. The Morgan fingerprint density at radius 3 is 2.96 bits per heavy atom. The number of nitrogens with zero attached hydrogens (tertiary/aromatic N) is 3. The van der Waals surface area contributed by atoms with Crippen LogP contribution in [0.5, 0.6) is 0 Å². The van der Waals surface area contributed by atoms with Gasteiger partial charge in [0.2, 0.25) is 0 Å². The van der Waals surface area contributed by atoms with Gasteiger partial charge in [-0.1, -0.05) is 18.2 Å². The van der Waals surface area contributed by atoms with Crippen molar-refractivity contribution in [2.45, 2.75) is 32.2 Å². The molecule has 1 aliphatic carbocycles. The summed E-state index contributed by atoms with van der Waals surface area (Å²) in [5.74, 6) is -0.406. The molecule has 0 spiro atoms. The number of carbonyl (C=O) groups excluding carboxylic acids is 1. The van der Waals surface area contributed by atoms with Gasteiger partial charge in [-0.3, -0.25) is 4.79 Å². The summed E-state index contributed by atoms with van der Waals surface area (Å²) in [4.78, 5) is 12.4. The van der Waals surface area contributed by atoms with Crippen LogP contribution >= 0.6 is 0 Å². The van der Waals surface area contributed by atoms with Crippen LogP contribution in [-0.2, 0) is 12.8 Å². The van der Waals surface area contributed by atoms with Gasteiger partial charge in [0, 0.05) is 11.3 Å². The van der Waals surface area contributed by atoms with Crippen molar-refractivity contribution < 1.29 is 9.90 Å². The Labute approximate surface area is 134 Å². The van der Waals surface area contributed by atoms with Crippen molar-refractivity contribution in [2.24, 2.45) is 0 Å². The Hall–Kier alpha value is -2.65. The van der Waals surface area contributed by atoms with Gasteiger partial charge in [0.15, 0.2) is 5.69 Å². The molecule has 6 nitrogen and oxygen atoms in total. The number of fused-ring (bicyclic) bond motifs is 1. The van der Waals surface area contributed by atoms with Gasteiger partial charge in [-0.25, -0.2) is 4.68 Å². The molecule has 2 N–H and O–H groups in total. The van der Waals surface area contributed by atoms with Gasteiger partial charge < -0.3 is 10.4 Å². The highest BCUT2D eigenvalue weighted by Crippen LogP contribution is 2.28. The van der Waals surface area contributed by atoms with E-state index in [2.05, 4.69) is 10.4 Å². The van der Waals surface area contributed by atoms with Crippen molar-refractivity contribution in [1.82, 2.24) is 15.1 Å². The molecule has 2 aromatic rings. The second kappa shape index (κ2) is 6.23. The smallest absolute Gasteiger partial charge is 0.273 e. The minimum Gasteiger partial charge on any atom is -0.393 e. The molecule has 1 amide bonds. The van der Waals surface area contributed by atoms with E-state index in [9.17, 15) is 4.79 Å². The lowest BCUT2D eigenvalue weighted by Crippen LogP contribution is -2.37. The van der Waals surface area contributed by atoms with Crippen LogP contribution in [0, 0.1) is 18.3 Å². The summed E-state index contributed by atoms with van der Waals surface area (Å²) in [6, 6.07) is 8.84. The Morgan fingerprint density at radius 2 is 2.26 bits per heavy atom. The fourth-order valence-electron chi connectivity index (χ4n) is 2.97. The monoisotopic (exact) mass is 310 g/mol. The zero-order chi connectivity index (χ0) is 16.4. The van der Waals surface area contributed by atoms with E-state index in [0.29, 0.717) is 5.69 Å². The van der Waals surface area contributed by atoms with Gasteiger partial charge in [-0.2, -0.15) is 10.4 Å². The molecule has 0 fully saturated rings. The fourth-order valence-corrected chi connectivity index (χ4v) is 2.97. The highest BCUT2D eigenvalue weighted by molar-refractivity contribution is 5.94. The molecule has 1 unspecified atom stereocenters. The molecule has 6 heteroatoms. The summed E-state index contributed by atoms with van der Waals surface area (Å²) in [6.45, 7) is 1.60. The highest BCUT2D eigenvalue weighted by atomic mass is 16.3. The maximum Gasteiger partial charge on any atom is 0.273 e. The normalized spacial score (nSPS) is 14.1. The number of benzene rings is 1. The third-order valence-electron chi connectivity index (χ3n) is 4.13. The standard InChI is InChI=1S/C17H18N4O2/c1-11-5-2-3-7-14(11)21-15-8-4-6-13(15)16(20-21)17(23)19-12(9-18)10-22/h2-3,5,7,12,22H,4,6,8,10H2,1H3,(H,19,23). The fraction of sp³-hybridized carbons (Fsp3) is 0.353. The predicted molar refractivity (Wildman–Crippen MR) is 84.3 cm³/mol. The SMILES string of the molecule is Cc1ccccc1-n1nc(C(=O)NC(C#N)CO)c2c1CCC2. The zero-order valence-electron chi connectivity index (χ0n) is 12.9. The number of aliphatic hydroxyl groups is 1. The van der Waals surface area contributed by atoms with Gasteiger partial charge in [0.1, 0.15) is 6.04 Å². The quantitative estimate of drug-likeness (QED) is 0.890. The number of nitrogens with one attached hydrogen (secondary N) is 1. The Morgan fingerprint density at radius 1 is 1.48 bits per heavy atom. The van der Waals surface area contributed by atoms with Crippen molar-refractivity contribution >= 4 is 5.91 Å². The third-order valence-corrected chi connectivity index (χ3v) is 4.13. The molecule has 0 saturated carbocycles. The van der Waals surface area contributed by atoms with Crippen LogP contribution in [0.15, 0.2) is 24.3 Å². The molecule has 1 aliphatic rings. The summed E-state index contributed by atoms with van der Waals surface area (Å²) >= 11 is 0. The Balaban J connectivity index is 2.01. The molecule has 1 aromatic carbocycles. The van der Waals surface area contributed by atoms with Crippen LogP contribution < -0.4 is 5.32 Å². The molecule has 1 aromatic heterocycles. The minimum absolute atomic E-state index is 0.356. The Kier molecular flexibility index (Phi) is 4.13. The number of hydrogen-bond donors (Lipinski definition) is 2. The summed E-state index contributed by atoms with van der Waals surface area (Å²) < 4.78 is 1.84. The average molecular weight is 310 g/mol. The lowest BCUT2D eigenvalue weighted by atomic mass is 10.1. The molecule has 1 heterocycles. The van der Waals surface area contributed by atoms with Gasteiger partial charge in [-0.15, -0.1) is 0 Å². The van der Waals surface area contributed by atoms with E-state index in [4.69, 9.17) is 10.4 Å². The summed E-state index contributed by atoms with van der Waals surface area (Å²) in [6.07, 6.45) is 2.67. The number of amides is 1. The van der Waals surface area contributed by atoms with Crippen LogP contribution in [0.25, 0.3) is 5.69 Å². The molecule has 0 aliphatic heterocycles. The van der Waals surface area contributed by atoms with Crippen molar-refractivity contribution in [3.8, 4) is 11.8 Å². The maximum atomic E-state index is 12.4. The van der Waals surface area contributed by atoms with Gasteiger partial charge >= 0.3 is 0 Å². The van der Waals surface area contributed by atoms with E-state index in [0.717, 1.165) is 41.8 Å². The van der Waals surface area contributed by atoms with E-state index in [1.807, 2.05) is 41.9 Å². The molecule has 0 saturated heterocycles. The molecular weight excluding hydrogens is 292 g/mol. The lowest BCUT2D eigenvalue weighted by molar-refractivity contribution is 0.0924. The topological polar surface area (TPSA) is 90.9 Å². The first-order chi connectivity index (χ1) is 11.2. The van der Waals surface area contributed by atoms with Crippen molar-refractivity contribution in [3.63, 3.8) is 0 Å². The first kappa shape index (κ1) is 15.3. The van der Waals surface area contributed by atoms with Crippen LogP contribution in [-0.4, -0.2) is 33.4 Å². The van der Waals surface area contributed by atoms with Crippen molar-refractivity contribution in [1.29, 1.82) is 5.26 Å². The van der Waals surface area contributed by atoms with E-state index < -0.39 is 18.6 Å². The second-order valence-electron chi connectivity index (χ2n) is 5.66. The number of hydrogen-bond acceptors (Lipinski definition) is 4. The van der Waals surface area contributed by atoms with Crippen LogP contribution in [0.2, 0.25) is 0 Å². The molecule has 23 heavy (non-hydrogen) atoms. The maximum absolute atomic E-state index is 12.4. The number of rotatable bonds is 4. The Bertz CT molecular complexity index is 788. The van der Waals surface area contributed by atoms with E-state index in [1.165, 1.54) is 0 Å². The number of para-hydroxylation sites is 1. The summed E-state index contributed by atoms with van der Waals surface area (Å²) in [5, 5.41) is 25.0. The summed E-state index contributed by atoms with van der Waals surface area (Å²) in [5.41, 5.74) is 4.41. The van der Waals surface area contributed by atoms with E-state index >= 15 is 0 Å². The van der Waals surface area contributed by atoms with Gasteiger partial charge in [0.25, 0.3) is 5.91 Å².